The number of carbonyl (C=O) groups is 1. The van der Waals surface area contributed by atoms with Crippen LogP contribution in [0.5, 0.6) is 5.75 Å². The van der Waals surface area contributed by atoms with Gasteiger partial charge in [-0.2, -0.15) is 0 Å². The number of thioether (sulfide) groups is 1. The van der Waals surface area contributed by atoms with E-state index in [2.05, 4.69) is 0 Å². The van der Waals surface area contributed by atoms with E-state index in [4.69, 9.17) is 9.47 Å². The van der Waals surface area contributed by atoms with Gasteiger partial charge in [-0.1, -0.05) is 24.3 Å². The second-order valence-electron chi connectivity index (χ2n) is 4.46. The lowest BCUT2D eigenvalue weighted by Gasteiger charge is -2.23. The SMILES string of the molecule is C/C=C/[C@@](C)(SCc1ccc(OC)cc1)C(=O)OCC. The van der Waals surface area contributed by atoms with Crippen LogP contribution in [0.3, 0.4) is 0 Å². The number of hydrogen-bond acceptors (Lipinski definition) is 4. The van der Waals surface area contributed by atoms with Gasteiger partial charge in [0.1, 0.15) is 10.5 Å². The molecule has 0 N–H and O–H groups in total. The molecule has 0 heterocycles. The van der Waals surface area contributed by atoms with Gasteiger partial charge in [0.25, 0.3) is 0 Å². The monoisotopic (exact) mass is 294 g/mol. The highest BCUT2D eigenvalue weighted by molar-refractivity contribution is 8.00. The van der Waals surface area contributed by atoms with Crippen LogP contribution in [0, 0.1) is 0 Å². The van der Waals surface area contributed by atoms with Gasteiger partial charge in [0.15, 0.2) is 0 Å². The topological polar surface area (TPSA) is 35.5 Å². The van der Waals surface area contributed by atoms with Crippen molar-refractivity contribution in [3.05, 3.63) is 42.0 Å². The Balaban J connectivity index is 2.73. The summed E-state index contributed by atoms with van der Waals surface area (Å²) in [4.78, 5) is 12.1. The molecule has 110 valence electrons. The maximum atomic E-state index is 12.1. The van der Waals surface area contributed by atoms with E-state index in [0.717, 1.165) is 17.1 Å². The summed E-state index contributed by atoms with van der Waals surface area (Å²) in [6, 6.07) is 7.86. The molecule has 1 rings (SSSR count). The number of esters is 1. The summed E-state index contributed by atoms with van der Waals surface area (Å²) in [5.41, 5.74) is 1.15. The molecule has 4 heteroatoms. The van der Waals surface area contributed by atoms with E-state index in [1.807, 2.05) is 57.2 Å². The minimum Gasteiger partial charge on any atom is -0.497 e. The lowest BCUT2D eigenvalue weighted by Crippen LogP contribution is -2.31. The predicted octanol–water partition coefficient (Wildman–Crippen LogP) is 3.83. The van der Waals surface area contributed by atoms with Gasteiger partial charge in [-0.25, -0.2) is 0 Å². The van der Waals surface area contributed by atoms with E-state index in [0.29, 0.717) is 6.61 Å². The minimum atomic E-state index is -0.648. The molecule has 1 aromatic rings. The molecule has 0 unspecified atom stereocenters. The molecule has 0 radical (unpaired) electrons. The van der Waals surface area contributed by atoms with Crippen LogP contribution in [-0.2, 0) is 15.3 Å². The van der Waals surface area contributed by atoms with Crippen LogP contribution in [0.25, 0.3) is 0 Å². The lowest BCUT2D eigenvalue weighted by molar-refractivity contribution is -0.144. The summed E-state index contributed by atoms with van der Waals surface area (Å²) in [5, 5.41) is 0. The third-order valence-corrected chi connectivity index (χ3v) is 4.24. The normalized spacial score (nSPS) is 14.0. The fourth-order valence-corrected chi connectivity index (χ4v) is 2.79. The van der Waals surface area contributed by atoms with Crippen molar-refractivity contribution in [1.29, 1.82) is 0 Å². The number of methoxy groups -OCH3 is 1. The summed E-state index contributed by atoms with van der Waals surface area (Å²) in [6.45, 7) is 6.02. The van der Waals surface area contributed by atoms with Crippen molar-refractivity contribution in [3.8, 4) is 5.75 Å². The van der Waals surface area contributed by atoms with E-state index < -0.39 is 4.75 Å². The first kappa shape index (κ1) is 16.6. The summed E-state index contributed by atoms with van der Waals surface area (Å²) in [5.74, 6) is 1.38. The summed E-state index contributed by atoms with van der Waals surface area (Å²) in [6.07, 6.45) is 3.77. The average Bonchev–Trinajstić information content (AvgIpc) is 2.46. The molecule has 3 nitrogen and oxygen atoms in total. The molecule has 0 spiro atoms. The van der Waals surface area contributed by atoms with Gasteiger partial charge >= 0.3 is 5.97 Å². The second kappa shape index (κ2) is 8.00. The number of carbonyl (C=O) groups excluding carboxylic acids is 1. The van der Waals surface area contributed by atoms with Gasteiger partial charge < -0.3 is 9.47 Å². The molecule has 0 saturated carbocycles. The number of benzene rings is 1. The van der Waals surface area contributed by atoms with Gasteiger partial charge in [0, 0.05) is 5.75 Å². The van der Waals surface area contributed by atoms with Crippen molar-refractivity contribution in [2.45, 2.75) is 31.3 Å². The molecule has 0 saturated heterocycles. The van der Waals surface area contributed by atoms with Crippen molar-refractivity contribution in [2.24, 2.45) is 0 Å². The smallest absolute Gasteiger partial charge is 0.325 e. The quantitative estimate of drug-likeness (QED) is 0.565. The van der Waals surface area contributed by atoms with E-state index in [-0.39, 0.29) is 5.97 Å². The Labute approximate surface area is 125 Å². The molecular weight excluding hydrogens is 272 g/mol. The Bertz CT molecular complexity index is 453. The number of rotatable bonds is 7. The standard InChI is InChI=1S/C16H22O3S/c1-5-11-16(3,15(17)19-6-2)20-12-13-7-9-14(18-4)10-8-13/h5,7-11H,6,12H2,1-4H3/b11-5+/t16-/m1/s1. The highest BCUT2D eigenvalue weighted by Gasteiger charge is 2.32. The van der Waals surface area contributed by atoms with Gasteiger partial charge in [0.05, 0.1) is 13.7 Å². The molecule has 0 aliphatic rings. The zero-order valence-corrected chi connectivity index (χ0v) is 13.3. The molecule has 0 fully saturated rings. The van der Waals surface area contributed by atoms with E-state index in [1.54, 1.807) is 18.9 Å². The maximum absolute atomic E-state index is 12.1. The first-order chi connectivity index (χ1) is 9.55. The molecule has 0 bridgehead atoms. The molecule has 0 amide bonds. The van der Waals surface area contributed by atoms with Gasteiger partial charge in [-0.15, -0.1) is 11.8 Å². The lowest BCUT2D eigenvalue weighted by atomic mass is 10.1. The Morgan fingerprint density at radius 2 is 2.00 bits per heavy atom. The van der Waals surface area contributed by atoms with Crippen molar-refractivity contribution < 1.29 is 14.3 Å². The minimum absolute atomic E-state index is 0.198. The fourth-order valence-electron chi connectivity index (χ4n) is 1.72. The largest absolute Gasteiger partial charge is 0.497 e. The van der Waals surface area contributed by atoms with Crippen LogP contribution in [0.2, 0.25) is 0 Å². The summed E-state index contributed by atoms with van der Waals surface area (Å²) >= 11 is 1.56. The van der Waals surface area contributed by atoms with Gasteiger partial charge in [-0.3, -0.25) is 4.79 Å². The van der Waals surface area contributed by atoms with Gasteiger partial charge in [-0.05, 0) is 38.5 Å². The number of ether oxygens (including phenoxy) is 2. The van der Waals surface area contributed by atoms with E-state index in [1.165, 1.54) is 0 Å². The highest BCUT2D eigenvalue weighted by Crippen LogP contribution is 2.31. The molecule has 1 atom stereocenters. The van der Waals surface area contributed by atoms with E-state index >= 15 is 0 Å². The van der Waals surface area contributed by atoms with Crippen LogP contribution in [0.4, 0.5) is 0 Å². The Kier molecular flexibility index (Phi) is 6.65. The van der Waals surface area contributed by atoms with E-state index in [9.17, 15) is 4.79 Å². The molecular formula is C16H22O3S. The zero-order valence-electron chi connectivity index (χ0n) is 12.5. The molecule has 1 aromatic carbocycles. The summed E-state index contributed by atoms with van der Waals surface area (Å²) < 4.78 is 9.64. The van der Waals surface area contributed by atoms with Crippen LogP contribution in [-0.4, -0.2) is 24.4 Å². The average molecular weight is 294 g/mol. The fraction of sp³-hybridized carbons (Fsp3) is 0.438. The van der Waals surface area contributed by atoms with Crippen molar-refractivity contribution in [1.82, 2.24) is 0 Å². The zero-order chi connectivity index (χ0) is 15.0. The molecule has 0 aliphatic heterocycles. The first-order valence-corrected chi connectivity index (χ1v) is 7.62. The Morgan fingerprint density at radius 1 is 1.35 bits per heavy atom. The van der Waals surface area contributed by atoms with Crippen molar-refractivity contribution in [3.63, 3.8) is 0 Å². The first-order valence-electron chi connectivity index (χ1n) is 6.63. The third kappa shape index (κ3) is 4.60. The van der Waals surface area contributed by atoms with Crippen molar-refractivity contribution in [2.75, 3.05) is 13.7 Å². The Morgan fingerprint density at radius 3 is 2.50 bits per heavy atom. The predicted molar refractivity (Wildman–Crippen MR) is 84.1 cm³/mol. The Hall–Kier alpha value is -1.42. The number of hydrogen-bond donors (Lipinski definition) is 0. The third-order valence-electron chi connectivity index (χ3n) is 2.86. The van der Waals surface area contributed by atoms with Crippen LogP contribution in [0.15, 0.2) is 36.4 Å². The molecule has 0 aliphatic carbocycles. The van der Waals surface area contributed by atoms with Crippen molar-refractivity contribution >= 4 is 17.7 Å². The second-order valence-corrected chi connectivity index (χ2v) is 5.89. The van der Waals surface area contributed by atoms with Crippen LogP contribution >= 0.6 is 11.8 Å². The molecule has 0 aromatic heterocycles. The van der Waals surface area contributed by atoms with Crippen LogP contribution in [0.1, 0.15) is 26.3 Å². The van der Waals surface area contributed by atoms with Gasteiger partial charge in [0.2, 0.25) is 0 Å². The maximum Gasteiger partial charge on any atom is 0.325 e. The number of allylic oxidation sites excluding steroid dienone is 1. The summed E-state index contributed by atoms with van der Waals surface area (Å²) in [7, 11) is 1.65. The van der Waals surface area contributed by atoms with Crippen LogP contribution < -0.4 is 4.74 Å². The highest BCUT2D eigenvalue weighted by atomic mass is 32.2. The molecule has 20 heavy (non-hydrogen) atoms.